The number of carbonyl (C=O) groups excluding carboxylic acids is 1. The highest BCUT2D eigenvalue weighted by Crippen LogP contribution is 2.33. The second kappa shape index (κ2) is 10.0. The Bertz CT molecular complexity index is 745. The zero-order valence-corrected chi connectivity index (χ0v) is 17.4. The number of nitrogens with one attached hydrogen (secondary N) is 2. The Morgan fingerprint density at radius 3 is 2.70 bits per heavy atom. The zero-order chi connectivity index (χ0) is 21.6. The van der Waals surface area contributed by atoms with Crippen molar-refractivity contribution in [1.29, 1.82) is 0 Å². The fourth-order valence-electron chi connectivity index (χ4n) is 4.15. The van der Waals surface area contributed by atoms with Crippen LogP contribution >= 0.6 is 0 Å². The standard InChI is InChI=1S/C20H31N5O5/c1-21-19(26)20(27)7-5-15(6-8-20)23-16-13-18(22-14-17(16)25(28)29)30-12-11-24-9-3-2-4-10-24/h13-15,27H,2-12H2,1H3,(H,21,26)(H,22,23). The summed E-state index contributed by atoms with van der Waals surface area (Å²) in [5.74, 6) is -0.0435. The van der Waals surface area contributed by atoms with Crippen LogP contribution in [0.4, 0.5) is 11.4 Å². The summed E-state index contributed by atoms with van der Waals surface area (Å²) in [6.07, 6.45) is 6.54. The average Bonchev–Trinajstić information content (AvgIpc) is 2.75. The van der Waals surface area contributed by atoms with Crippen LogP contribution in [0.15, 0.2) is 12.3 Å². The van der Waals surface area contributed by atoms with E-state index in [1.807, 2.05) is 0 Å². The van der Waals surface area contributed by atoms with E-state index in [0.29, 0.717) is 43.9 Å². The molecule has 0 unspecified atom stereocenters. The van der Waals surface area contributed by atoms with E-state index < -0.39 is 10.5 Å². The lowest BCUT2D eigenvalue weighted by Gasteiger charge is -2.35. The molecule has 2 heterocycles. The van der Waals surface area contributed by atoms with Crippen LogP contribution in [0.25, 0.3) is 0 Å². The number of anilines is 1. The number of likely N-dealkylation sites (tertiary alicyclic amines) is 1. The molecule has 2 fully saturated rings. The molecule has 3 rings (SSSR count). The van der Waals surface area contributed by atoms with Gasteiger partial charge in [0.05, 0.1) is 4.92 Å². The third-order valence-corrected chi connectivity index (χ3v) is 5.98. The fourth-order valence-corrected chi connectivity index (χ4v) is 4.15. The van der Waals surface area contributed by atoms with Crippen molar-refractivity contribution in [2.75, 3.05) is 38.6 Å². The van der Waals surface area contributed by atoms with Crippen LogP contribution in [0.1, 0.15) is 44.9 Å². The maximum absolute atomic E-state index is 11.9. The molecule has 0 radical (unpaired) electrons. The topological polar surface area (TPSA) is 130 Å². The zero-order valence-electron chi connectivity index (χ0n) is 17.4. The lowest BCUT2D eigenvalue weighted by atomic mass is 9.81. The first-order chi connectivity index (χ1) is 14.4. The highest BCUT2D eigenvalue weighted by atomic mass is 16.6. The molecule has 3 N–H and O–H groups in total. The Balaban J connectivity index is 1.59. The minimum Gasteiger partial charge on any atom is -0.476 e. The van der Waals surface area contributed by atoms with Gasteiger partial charge in [0.2, 0.25) is 5.88 Å². The van der Waals surface area contributed by atoms with Crippen LogP contribution in [0.5, 0.6) is 5.88 Å². The van der Waals surface area contributed by atoms with Gasteiger partial charge in [0, 0.05) is 25.7 Å². The van der Waals surface area contributed by atoms with Crippen molar-refractivity contribution in [1.82, 2.24) is 15.2 Å². The van der Waals surface area contributed by atoms with Gasteiger partial charge in [0.1, 0.15) is 24.1 Å². The molecule has 10 heteroatoms. The van der Waals surface area contributed by atoms with Gasteiger partial charge >= 0.3 is 5.69 Å². The molecule has 1 aliphatic heterocycles. The van der Waals surface area contributed by atoms with Crippen LogP contribution in [-0.4, -0.2) is 70.8 Å². The molecule has 1 aromatic heterocycles. The van der Waals surface area contributed by atoms with Crippen LogP contribution < -0.4 is 15.4 Å². The Kier molecular flexibility index (Phi) is 7.43. The first kappa shape index (κ1) is 22.2. The van der Waals surface area contributed by atoms with Crippen molar-refractivity contribution >= 4 is 17.3 Å². The van der Waals surface area contributed by atoms with E-state index in [-0.39, 0.29) is 17.6 Å². The number of hydrogen-bond donors (Lipinski definition) is 3. The Labute approximate surface area is 176 Å². The van der Waals surface area contributed by atoms with E-state index in [2.05, 4.69) is 20.5 Å². The maximum atomic E-state index is 11.9. The number of aliphatic hydroxyl groups is 1. The van der Waals surface area contributed by atoms with E-state index in [1.165, 1.54) is 32.5 Å². The molecular formula is C20H31N5O5. The molecule has 0 bridgehead atoms. The Hall–Kier alpha value is -2.46. The summed E-state index contributed by atoms with van der Waals surface area (Å²) >= 11 is 0. The van der Waals surface area contributed by atoms with Gasteiger partial charge in [-0.3, -0.25) is 19.8 Å². The summed E-state index contributed by atoms with van der Waals surface area (Å²) in [6.45, 7) is 3.44. The highest BCUT2D eigenvalue weighted by molar-refractivity contribution is 5.84. The molecule has 1 aliphatic carbocycles. The highest BCUT2D eigenvalue weighted by Gasteiger charge is 2.39. The smallest absolute Gasteiger partial charge is 0.310 e. The molecule has 0 spiro atoms. The summed E-state index contributed by atoms with van der Waals surface area (Å²) in [7, 11) is 1.50. The monoisotopic (exact) mass is 421 g/mol. The lowest BCUT2D eigenvalue weighted by molar-refractivity contribution is -0.384. The second-order valence-corrected chi connectivity index (χ2v) is 8.08. The largest absolute Gasteiger partial charge is 0.476 e. The summed E-state index contributed by atoms with van der Waals surface area (Å²) in [5, 5.41) is 27.5. The number of piperidine rings is 1. The van der Waals surface area contributed by atoms with Crippen LogP contribution in [0.3, 0.4) is 0 Å². The van der Waals surface area contributed by atoms with Crippen LogP contribution in [0, 0.1) is 10.1 Å². The summed E-state index contributed by atoms with van der Waals surface area (Å²) in [5.41, 5.74) is -1.15. The number of nitrogens with zero attached hydrogens (tertiary/aromatic N) is 3. The van der Waals surface area contributed by atoms with Crippen LogP contribution in [-0.2, 0) is 4.79 Å². The SMILES string of the molecule is CNC(=O)C1(O)CCC(Nc2cc(OCCN3CCCCC3)ncc2[N+](=O)[O-])CC1. The molecule has 1 saturated carbocycles. The van der Waals surface area contributed by atoms with Gasteiger partial charge in [0.25, 0.3) is 5.91 Å². The second-order valence-electron chi connectivity index (χ2n) is 8.08. The number of ether oxygens (including phenoxy) is 1. The lowest BCUT2D eigenvalue weighted by Crippen LogP contribution is -2.49. The van der Waals surface area contributed by atoms with Crippen LogP contribution in [0.2, 0.25) is 0 Å². The van der Waals surface area contributed by atoms with Crippen molar-refractivity contribution in [3.05, 3.63) is 22.4 Å². The van der Waals surface area contributed by atoms with Gasteiger partial charge in [0.15, 0.2) is 0 Å². The molecular weight excluding hydrogens is 390 g/mol. The van der Waals surface area contributed by atoms with Crippen molar-refractivity contribution in [3.63, 3.8) is 0 Å². The first-order valence-corrected chi connectivity index (χ1v) is 10.6. The van der Waals surface area contributed by atoms with Crippen molar-refractivity contribution in [3.8, 4) is 5.88 Å². The maximum Gasteiger partial charge on any atom is 0.310 e. The number of pyridine rings is 1. The number of aromatic nitrogens is 1. The molecule has 0 aromatic carbocycles. The van der Waals surface area contributed by atoms with Crippen molar-refractivity contribution in [2.45, 2.75) is 56.6 Å². The fraction of sp³-hybridized carbons (Fsp3) is 0.700. The molecule has 30 heavy (non-hydrogen) atoms. The molecule has 10 nitrogen and oxygen atoms in total. The normalized spacial score (nSPS) is 24.8. The molecule has 1 saturated heterocycles. The van der Waals surface area contributed by atoms with E-state index >= 15 is 0 Å². The van der Waals surface area contributed by atoms with E-state index in [4.69, 9.17) is 4.74 Å². The molecule has 1 amide bonds. The van der Waals surface area contributed by atoms with E-state index in [1.54, 1.807) is 6.07 Å². The summed E-state index contributed by atoms with van der Waals surface area (Å²) < 4.78 is 5.74. The van der Waals surface area contributed by atoms with Crippen molar-refractivity contribution in [2.24, 2.45) is 0 Å². The minimum absolute atomic E-state index is 0.0859. The molecule has 166 valence electrons. The summed E-state index contributed by atoms with van der Waals surface area (Å²) in [4.78, 5) is 29.2. The third-order valence-electron chi connectivity index (χ3n) is 5.98. The van der Waals surface area contributed by atoms with Gasteiger partial charge in [-0.05, 0) is 51.6 Å². The number of hydrogen-bond acceptors (Lipinski definition) is 8. The predicted molar refractivity (Wildman–Crippen MR) is 112 cm³/mol. The van der Waals surface area contributed by atoms with Gasteiger partial charge in [-0.25, -0.2) is 4.98 Å². The number of likely N-dealkylation sites (N-methyl/N-ethyl adjacent to an activating group) is 1. The van der Waals surface area contributed by atoms with E-state index in [9.17, 15) is 20.0 Å². The number of rotatable bonds is 8. The molecule has 1 aromatic rings. The van der Waals surface area contributed by atoms with Gasteiger partial charge in [-0.1, -0.05) is 6.42 Å². The third kappa shape index (κ3) is 5.57. The number of carbonyl (C=O) groups is 1. The Morgan fingerprint density at radius 1 is 1.37 bits per heavy atom. The van der Waals surface area contributed by atoms with Gasteiger partial charge < -0.3 is 20.5 Å². The Morgan fingerprint density at radius 2 is 2.07 bits per heavy atom. The predicted octanol–water partition coefficient (Wildman–Crippen LogP) is 1.69. The average molecular weight is 421 g/mol. The summed E-state index contributed by atoms with van der Waals surface area (Å²) in [6, 6.07) is 1.48. The molecule has 0 atom stereocenters. The number of nitro groups is 1. The quantitative estimate of drug-likeness (QED) is 0.427. The van der Waals surface area contributed by atoms with E-state index in [0.717, 1.165) is 19.6 Å². The molecule has 2 aliphatic rings. The van der Waals surface area contributed by atoms with Gasteiger partial charge in [-0.2, -0.15) is 0 Å². The number of amides is 1. The van der Waals surface area contributed by atoms with Gasteiger partial charge in [-0.15, -0.1) is 0 Å². The van der Waals surface area contributed by atoms with Crippen molar-refractivity contribution < 1.29 is 19.6 Å². The minimum atomic E-state index is -1.38. The first-order valence-electron chi connectivity index (χ1n) is 10.6.